The van der Waals surface area contributed by atoms with Crippen LogP contribution in [0, 0.1) is 5.92 Å². The van der Waals surface area contributed by atoms with E-state index >= 15 is 0 Å². The van der Waals surface area contributed by atoms with Crippen LogP contribution in [0.25, 0.3) is 10.9 Å². The molecule has 0 radical (unpaired) electrons. The minimum Gasteiger partial charge on any atom is -0.475 e. The van der Waals surface area contributed by atoms with Gasteiger partial charge in [0.1, 0.15) is 0 Å². The fraction of sp³-hybridized carbons (Fsp3) is 0.474. The first-order valence-corrected chi connectivity index (χ1v) is 9.66. The molecule has 29 heavy (non-hydrogen) atoms. The minimum absolute atomic E-state index is 0.118. The van der Waals surface area contributed by atoms with Crippen molar-refractivity contribution in [2.24, 2.45) is 5.92 Å². The van der Waals surface area contributed by atoms with Gasteiger partial charge in [-0.15, -0.1) is 0 Å². The molecule has 0 saturated carbocycles. The van der Waals surface area contributed by atoms with Crippen molar-refractivity contribution in [1.29, 1.82) is 0 Å². The van der Waals surface area contributed by atoms with Crippen LogP contribution in [-0.4, -0.2) is 41.2 Å². The Balaban J connectivity index is 0.000000298. The van der Waals surface area contributed by atoms with E-state index in [-0.39, 0.29) is 17.9 Å². The number of rotatable bonds is 2. The van der Waals surface area contributed by atoms with Gasteiger partial charge < -0.3 is 20.7 Å². The van der Waals surface area contributed by atoms with Crippen molar-refractivity contribution in [1.82, 2.24) is 15.6 Å². The molecule has 0 spiro atoms. The number of piperidine rings is 1. The zero-order valence-corrected chi connectivity index (χ0v) is 16.2. The zero-order valence-electron chi connectivity index (χ0n) is 15.4. The van der Waals surface area contributed by atoms with Gasteiger partial charge >= 0.3 is 12.1 Å². The van der Waals surface area contributed by atoms with Crippen molar-refractivity contribution in [3.63, 3.8) is 0 Å². The maximum absolute atomic E-state index is 12.0. The Morgan fingerprint density at radius 1 is 1.28 bits per heavy atom. The molecule has 0 bridgehead atoms. The molecule has 3 heterocycles. The van der Waals surface area contributed by atoms with Crippen LogP contribution in [0.2, 0.25) is 5.02 Å². The molecule has 2 aliphatic heterocycles. The van der Waals surface area contributed by atoms with Crippen LogP contribution in [-0.2, 0) is 16.0 Å². The number of carbonyl (C=O) groups is 2. The van der Waals surface area contributed by atoms with Crippen molar-refractivity contribution in [2.75, 3.05) is 13.1 Å². The molecule has 10 heteroatoms. The SMILES string of the molecule is O=C(O)C(F)(F)F.O=C1NCCCC1CC1NCCc2c1[nH]c1ccc(Cl)cc21. The first kappa shape index (κ1) is 21.4. The van der Waals surface area contributed by atoms with Gasteiger partial charge in [-0.3, -0.25) is 4.79 Å². The quantitative estimate of drug-likeness (QED) is 0.585. The van der Waals surface area contributed by atoms with E-state index in [9.17, 15) is 18.0 Å². The number of aromatic amines is 1. The largest absolute Gasteiger partial charge is 0.490 e. The second-order valence-corrected chi connectivity index (χ2v) is 7.57. The molecule has 2 aromatic rings. The van der Waals surface area contributed by atoms with Gasteiger partial charge in [-0.1, -0.05) is 11.6 Å². The number of carboxylic acid groups (broad SMARTS) is 1. The third kappa shape index (κ3) is 5.02. The molecule has 0 aliphatic carbocycles. The number of fused-ring (bicyclic) bond motifs is 3. The summed E-state index contributed by atoms with van der Waals surface area (Å²) < 4.78 is 31.7. The normalized spacial score (nSPS) is 21.7. The van der Waals surface area contributed by atoms with Crippen molar-refractivity contribution >= 4 is 34.4 Å². The van der Waals surface area contributed by atoms with Crippen LogP contribution in [0.15, 0.2) is 18.2 Å². The fourth-order valence-corrected chi connectivity index (χ4v) is 4.00. The van der Waals surface area contributed by atoms with Crippen LogP contribution < -0.4 is 10.6 Å². The highest BCUT2D eigenvalue weighted by Gasteiger charge is 2.38. The fourth-order valence-electron chi connectivity index (χ4n) is 3.83. The number of carboxylic acids is 1. The summed E-state index contributed by atoms with van der Waals surface area (Å²) in [5.74, 6) is -2.43. The van der Waals surface area contributed by atoms with E-state index in [1.165, 1.54) is 16.6 Å². The summed E-state index contributed by atoms with van der Waals surface area (Å²) >= 11 is 6.15. The first-order valence-electron chi connectivity index (χ1n) is 9.28. The van der Waals surface area contributed by atoms with Crippen molar-refractivity contribution < 1.29 is 27.9 Å². The Morgan fingerprint density at radius 2 is 2.00 bits per heavy atom. The summed E-state index contributed by atoms with van der Waals surface area (Å²) in [6.07, 6.45) is -1.15. The number of hydrogen-bond acceptors (Lipinski definition) is 3. The summed E-state index contributed by atoms with van der Waals surface area (Å²) in [5.41, 5.74) is 3.73. The highest BCUT2D eigenvalue weighted by molar-refractivity contribution is 6.31. The number of aromatic nitrogens is 1. The molecule has 1 amide bonds. The van der Waals surface area contributed by atoms with Gasteiger partial charge in [0.25, 0.3) is 0 Å². The minimum atomic E-state index is -5.08. The summed E-state index contributed by atoms with van der Waals surface area (Å²) in [6.45, 7) is 1.77. The van der Waals surface area contributed by atoms with Crippen molar-refractivity contribution in [3.05, 3.63) is 34.5 Å². The van der Waals surface area contributed by atoms with E-state index in [1.807, 2.05) is 18.2 Å². The van der Waals surface area contributed by atoms with E-state index < -0.39 is 12.1 Å². The average molecular weight is 432 g/mol. The third-order valence-electron chi connectivity index (χ3n) is 5.18. The number of aliphatic carboxylic acids is 1. The lowest BCUT2D eigenvalue weighted by Gasteiger charge is -2.29. The Morgan fingerprint density at radius 3 is 2.66 bits per heavy atom. The highest BCUT2D eigenvalue weighted by atomic mass is 35.5. The number of amides is 1. The third-order valence-corrected chi connectivity index (χ3v) is 5.41. The van der Waals surface area contributed by atoms with Crippen LogP contribution >= 0.6 is 11.6 Å². The molecule has 158 valence electrons. The van der Waals surface area contributed by atoms with E-state index in [4.69, 9.17) is 21.5 Å². The highest BCUT2D eigenvalue weighted by Crippen LogP contribution is 2.35. The summed E-state index contributed by atoms with van der Waals surface area (Å²) in [4.78, 5) is 24.5. The number of halogens is 4. The van der Waals surface area contributed by atoms with Gasteiger partial charge in [0.15, 0.2) is 0 Å². The summed E-state index contributed by atoms with van der Waals surface area (Å²) in [7, 11) is 0. The molecular weight excluding hydrogens is 411 g/mol. The Hall–Kier alpha value is -2.26. The van der Waals surface area contributed by atoms with E-state index in [0.717, 1.165) is 49.3 Å². The summed E-state index contributed by atoms with van der Waals surface area (Å²) in [6, 6.07) is 6.23. The van der Waals surface area contributed by atoms with Gasteiger partial charge in [-0.05, 0) is 56.0 Å². The molecule has 4 rings (SSSR count). The Labute approximate surface area is 169 Å². The molecule has 6 nitrogen and oxygen atoms in total. The molecular formula is C19H21ClF3N3O3. The van der Waals surface area contributed by atoms with Crippen molar-refractivity contribution in [3.8, 4) is 0 Å². The van der Waals surface area contributed by atoms with E-state index in [2.05, 4.69) is 15.6 Å². The lowest BCUT2D eigenvalue weighted by atomic mass is 9.87. The molecule has 2 unspecified atom stereocenters. The number of H-pyrrole nitrogens is 1. The molecule has 4 N–H and O–H groups in total. The second-order valence-electron chi connectivity index (χ2n) is 7.13. The number of hydrogen-bond donors (Lipinski definition) is 4. The molecule has 2 aliphatic rings. The van der Waals surface area contributed by atoms with Crippen LogP contribution in [0.4, 0.5) is 13.2 Å². The predicted molar refractivity (Wildman–Crippen MR) is 102 cm³/mol. The van der Waals surface area contributed by atoms with E-state index in [0.29, 0.717) is 0 Å². The second kappa shape index (κ2) is 8.62. The molecule has 1 aromatic carbocycles. The topological polar surface area (TPSA) is 94.2 Å². The predicted octanol–water partition coefficient (Wildman–Crippen LogP) is 3.56. The number of alkyl halides is 3. The summed E-state index contributed by atoms with van der Waals surface area (Å²) in [5, 5.41) is 15.7. The monoisotopic (exact) mass is 431 g/mol. The van der Waals surface area contributed by atoms with Gasteiger partial charge in [0, 0.05) is 40.1 Å². The smallest absolute Gasteiger partial charge is 0.475 e. The van der Waals surface area contributed by atoms with Crippen LogP contribution in [0.1, 0.15) is 36.6 Å². The maximum Gasteiger partial charge on any atom is 0.490 e. The van der Waals surface area contributed by atoms with Gasteiger partial charge in [0.2, 0.25) is 5.91 Å². The molecule has 1 aromatic heterocycles. The van der Waals surface area contributed by atoms with Crippen LogP contribution in [0.5, 0.6) is 0 Å². The first-order chi connectivity index (χ1) is 13.7. The number of nitrogens with one attached hydrogen (secondary N) is 3. The molecule has 1 saturated heterocycles. The lowest BCUT2D eigenvalue weighted by Crippen LogP contribution is -2.39. The Bertz CT molecular complexity index is 913. The molecule has 1 fully saturated rings. The zero-order chi connectivity index (χ0) is 21.2. The molecule has 2 atom stereocenters. The number of benzene rings is 1. The maximum atomic E-state index is 12.0. The van der Waals surface area contributed by atoms with E-state index in [1.54, 1.807) is 0 Å². The van der Waals surface area contributed by atoms with Crippen LogP contribution in [0.3, 0.4) is 0 Å². The lowest BCUT2D eigenvalue weighted by molar-refractivity contribution is -0.192. The Kier molecular flexibility index (Phi) is 6.38. The van der Waals surface area contributed by atoms with Gasteiger partial charge in [-0.25, -0.2) is 4.79 Å². The standard InChI is InChI=1S/C17H20ClN3O.C2HF3O2/c18-11-3-4-14-13(9-11)12-5-7-19-15(16(12)21-14)8-10-2-1-6-20-17(10)22;3-2(4,5)1(6)7/h3-4,9-10,15,19,21H,1-2,5-8H2,(H,20,22);(H,6,7). The van der Waals surface area contributed by atoms with Gasteiger partial charge in [-0.2, -0.15) is 13.2 Å². The van der Waals surface area contributed by atoms with Crippen molar-refractivity contribution in [2.45, 2.75) is 37.9 Å². The average Bonchev–Trinajstić information content (AvgIpc) is 3.02. The number of carbonyl (C=O) groups excluding carboxylic acids is 1. The van der Waals surface area contributed by atoms with Gasteiger partial charge in [0.05, 0.1) is 0 Å².